The summed E-state index contributed by atoms with van der Waals surface area (Å²) in [6, 6.07) is 0. The van der Waals surface area contributed by atoms with Gasteiger partial charge in [-0.1, -0.05) is 5.16 Å². The van der Waals surface area contributed by atoms with Crippen LogP contribution in [0.15, 0.2) is 10.1 Å². The molecule has 0 aromatic rings. The highest BCUT2D eigenvalue weighted by Gasteiger charge is 2.59. The molecule has 0 bridgehead atoms. The van der Waals surface area contributed by atoms with Crippen molar-refractivity contribution in [3.63, 3.8) is 0 Å². The number of amidine groups is 1. The van der Waals surface area contributed by atoms with Crippen molar-refractivity contribution in [1.82, 2.24) is 10.2 Å². The van der Waals surface area contributed by atoms with Crippen LogP contribution >= 0.6 is 11.6 Å². The number of aliphatic hydroxyl groups excluding tert-OH is 2. The number of hydrogen-bond acceptors (Lipinski definition) is 8. The lowest BCUT2D eigenvalue weighted by Crippen LogP contribution is -2.56. The molecule has 9 nitrogen and oxygen atoms in total. The van der Waals surface area contributed by atoms with Crippen LogP contribution in [0.25, 0.3) is 0 Å². The fourth-order valence-corrected chi connectivity index (χ4v) is 5.47. The topological polar surface area (TPSA) is 119 Å². The summed E-state index contributed by atoms with van der Waals surface area (Å²) in [5.74, 6) is 0.579. The molecule has 2 unspecified atom stereocenters. The fourth-order valence-electron chi connectivity index (χ4n) is 5.22. The molecule has 0 amide bonds. The number of ether oxygens (including phenoxy) is 1. The fraction of sp³-hybridized carbons (Fsp3) is 0.895. The molecular weight excluding hydrogens is 400 g/mol. The first-order valence-corrected chi connectivity index (χ1v) is 10.8. The normalized spacial score (nSPS) is 47.8. The third kappa shape index (κ3) is 3.77. The van der Waals surface area contributed by atoms with Crippen LogP contribution in [0.4, 0.5) is 0 Å². The Labute approximate surface area is 175 Å². The number of aliphatic hydroxyl groups is 3. The summed E-state index contributed by atoms with van der Waals surface area (Å²) in [6.07, 6.45) is 1.76. The van der Waals surface area contributed by atoms with Crippen LogP contribution < -0.4 is 5.32 Å². The maximum absolute atomic E-state index is 11.1. The highest BCUT2D eigenvalue weighted by Crippen LogP contribution is 2.42. The lowest BCUT2D eigenvalue weighted by atomic mass is 9.79. The Morgan fingerprint density at radius 2 is 2.10 bits per heavy atom. The number of halogens is 1. The zero-order chi connectivity index (χ0) is 20.8. The van der Waals surface area contributed by atoms with E-state index in [1.807, 2.05) is 4.90 Å². The molecule has 4 aliphatic rings. The molecule has 3 fully saturated rings. The van der Waals surface area contributed by atoms with Crippen LogP contribution in [0.2, 0.25) is 0 Å². The third-order valence-corrected chi connectivity index (χ3v) is 7.38. The summed E-state index contributed by atoms with van der Waals surface area (Å²) < 4.78 is 6.15. The van der Waals surface area contributed by atoms with Gasteiger partial charge in [0.15, 0.2) is 5.84 Å². The maximum Gasteiger partial charge on any atom is 0.175 e. The van der Waals surface area contributed by atoms with Gasteiger partial charge in [0, 0.05) is 11.9 Å². The van der Waals surface area contributed by atoms with Crippen molar-refractivity contribution >= 4 is 23.8 Å². The first-order chi connectivity index (χ1) is 13.8. The average molecular weight is 431 g/mol. The number of rotatable bonds is 4. The molecule has 164 valence electrons. The number of aliphatic imine (C=N–C) groups is 1. The second kappa shape index (κ2) is 8.28. The molecule has 7 atom stereocenters. The molecule has 0 aromatic heterocycles. The standard InChI is InChI=1S/C19H31ClN4O5/c1-19(27)14(26)18(29-15(19)13(25)10-3-5-11(20)6-4-10)24-8-7-12-16(23-28-2)21-9-22-17(12)24/h9-15,17-18,25-27H,3-8H2,1-2H3,(H,21,22,23)/t10?,11?,12?,13-,14+,15-,17?,18-,19+/m1/s1. The Bertz CT molecular complexity index is 655. The van der Waals surface area contributed by atoms with Gasteiger partial charge in [-0.25, -0.2) is 4.99 Å². The summed E-state index contributed by atoms with van der Waals surface area (Å²) >= 11 is 6.19. The number of nitrogens with one attached hydrogen (secondary N) is 1. The number of nitrogens with zero attached hydrogens (tertiary/aromatic N) is 3. The van der Waals surface area contributed by atoms with E-state index in [2.05, 4.69) is 15.5 Å². The molecule has 2 saturated heterocycles. The van der Waals surface area contributed by atoms with Crippen molar-refractivity contribution in [2.45, 2.75) is 80.7 Å². The lowest BCUT2D eigenvalue weighted by Gasteiger charge is -2.36. The van der Waals surface area contributed by atoms with Crippen LogP contribution in [0.1, 0.15) is 39.0 Å². The van der Waals surface area contributed by atoms with E-state index in [0.717, 1.165) is 32.1 Å². The summed E-state index contributed by atoms with van der Waals surface area (Å²) in [5, 5.41) is 40.3. The minimum absolute atomic E-state index is 0.000806. The second-order valence-corrected chi connectivity index (χ2v) is 9.37. The van der Waals surface area contributed by atoms with E-state index in [4.69, 9.17) is 21.2 Å². The minimum Gasteiger partial charge on any atom is -0.398 e. The van der Waals surface area contributed by atoms with E-state index >= 15 is 0 Å². The molecule has 3 heterocycles. The molecule has 0 aromatic carbocycles. The van der Waals surface area contributed by atoms with Crippen LogP contribution in [-0.4, -0.2) is 87.7 Å². The Kier molecular flexibility index (Phi) is 6.07. The van der Waals surface area contributed by atoms with Gasteiger partial charge in [0.05, 0.1) is 24.5 Å². The van der Waals surface area contributed by atoms with E-state index in [0.29, 0.717) is 12.4 Å². The Hall–Kier alpha value is -0.970. The van der Waals surface area contributed by atoms with E-state index in [9.17, 15) is 15.3 Å². The molecule has 4 N–H and O–H groups in total. The van der Waals surface area contributed by atoms with Crippen molar-refractivity contribution in [3.8, 4) is 0 Å². The summed E-state index contributed by atoms with van der Waals surface area (Å²) in [5.41, 5.74) is -1.56. The van der Waals surface area contributed by atoms with Gasteiger partial charge in [-0.05, 0) is 44.9 Å². The molecule has 10 heteroatoms. The van der Waals surface area contributed by atoms with Crippen LogP contribution in [0, 0.1) is 11.8 Å². The molecule has 4 rings (SSSR count). The predicted molar refractivity (Wildman–Crippen MR) is 108 cm³/mol. The molecular formula is C19H31ClN4O5. The quantitative estimate of drug-likeness (QED) is 0.372. The van der Waals surface area contributed by atoms with Crippen molar-refractivity contribution in [3.05, 3.63) is 0 Å². The van der Waals surface area contributed by atoms with Crippen LogP contribution in [-0.2, 0) is 9.57 Å². The van der Waals surface area contributed by atoms with Crippen LogP contribution in [0.3, 0.4) is 0 Å². The van der Waals surface area contributed by atoms with Gasteiger partial charge in [0.25, 0.3) is 0 Å². The van der Waals surface area contributed by atoms with Gasteiger partial charge < -0.3 is 30.2 Å². The highest BCUT2D eigenvalue weighted by molar-refractivity contribution is 6.20. The monoisotopic (exact) mass is 430 g/mol. The first-order valence-electron chi connectivity index (χ1n) is 10.4. The zero-order valence-corrected chi connectivity index (χ0v) is 17.6. The van der Waals surface area contributed by atoms with E-state index in [1.165, 1.54) is 7.11 Å². The van der Waals surface area contributed by atoms with Gasteiger partial charge in [-0.2, -0.15) is 0 Å². The van der Waals surface area contributed by atoms with Crippen molar-refractivity contribution in [2.24, 2.45) is 22.0 Å². The molecule has 0 spiro atoms. The second-order valence-electron chi connectivity index (χ2n) is 8.76. The third-order valence-electron chi connectivity index (χ3n) is 6.95. The smallest absolute Gasteiger partial charge is 0.175 e. The largest absolute Gasteiger partial charge is 0.398 e. The predicted octanol–water partition coefficient (Wildman–Crippen LogP) is 0.221. The van der Waals surface area contributed by atoms with Crippen LogP contribution in [0.5, 0.6) is 0 Å². The molecule has 0 radical (unpaired) electrons. The zero-order valence-electron chi connectivity index (χ0n) is 16.8. The Morgan fingerprint density at radius 1 is 1.38 bits per heavy atom. The van der Waals surface area contributed by atoms with Gasteiger partial charge in [0.2, 0.25) is 0 Å². The lowest BCUT2D eigenvalue weighted by molar-refractivity contribution is -0.143. The van der Waals surface area contributed by atoms with Gasteiger partial charge in [-0.3, -0.25) is 4.90 Å². The van der Waals surface area contributed by atoms with Crippen molar-refractivity contribution in [2.75, 3.05) is 13.7 Å². The Morgan fingerprint density at radius 3 is 2.79 bits per heavy atom. The average Bonchev–Trinajstić information content (AvgIpc) is 3.22. The van der Waals surface area contributed by atoms with Crippen molar-refractivity contribution < 1.29 is 24.9 Å². The molecule has 1 aliphatic carbocycles. The van der Waals surface area contributed by atoms with E-state index in [1.54, 1.807) is 13.3 Å². The Balaban J connectivity index is 1.50. The number of hydrogen-bond donors (Lipinski definition) is 4. The highest BCUT2D eigenvalue weighted by atomic mass is 35.5. The SMILES string of the molecule is CO/N=C1\N=CNC2C1CCN2[C@@H]1O[C@H]([C@H](O)C2CCC(Cl)CC2)[C@@](C)(O)[C@H]1O. The number of likely N-dealkylation sites (tertiary alicyclic amines) is 1. The van der Waals surface area contributed by atoms with Gasteiger partial charge in [-0.15, -0.1) is 11.6 Å². The summed E-state index contributed by atoms with van der Waals surface area (Å²) in [6.45, 7) is 2.17. The summed E-state index contributed by atoms with van der Waals surface area (Å²) in [4.78, 5) is 11.1. The van der Waals surface area contributed by atoms with Crippen molar-refractivity contribution in [1.29, 1.82) is 0 Å². The number of oxime groups is 1. The number of fused-ring (bicyclic) bond motifs is 1. The number of alkyl halides is 1. The van der Waals surface area contributed by atoms with Gasteiger partial charge in [0.1, 0.15) is 31.1 Å². The molecule has 29 heavy (non-hydrogen) atoms. The summed E-state index contributed by atoms with van der Waals surface area (Å²) in [7, 11) is 1.48. The van der Waals surface area contributed by atoms with E-state index < -0.39 is 30.1 Å². The van der Waals surface area contributed by atoms with Gasteiger partial charge >= 0.3 is 0 Å². The molecule has 1 saturated carbocycles. The molecule has 3 aliphatic heterocycles. The van der Waals surface area contributed by atoms with E-state index in [-0.39, 0.29) is 23.4 Å². The maximum atomic E-state index is 11.1. The minimum atomic E-state index is -1.56. The first kappa shape index (κ1) is 21.3.